The van der Waals surface area contributed by atoms with Crippen LogP contribution in [-0.4, -0.2) is 17.1 Å². The van der Waals surface area contributed by atoms with Crippen LogP contribution in [0.4, 0.5) is 5.82 Å². The first-order chi connectivity index (χ1) is 8.61. The fraction of sp³-hybridized carbons (Fsp3) is 0.231. The molecule has 0 unspecified atom stereocenters. The van der Waals surface area contributed by atoms with E-state index in [0.717, 1.165) is 14.8 Å². The fourth-order valence-electron chi connectivity index (χ4n) is 1.58. The van der Waals surface area contributed by atoms with Crippen molar-refractivity contribution in [3.05, 3.63) is 39.1 Å². The molecule has 5 heteroatoms. The number of halogens is 1. The predicted molar refractivity (Wildman–Crippen MR) is 80.0 cm³/mol. The summed E-state index contributed by atoms with van der Waals surface area (Å²) in [5.74, 6) is 1.13. The highest BCUT2D eigenvalue weighted by Crippen LogP contribution is 2.22. The number of aryl methyl sites for hydroxylation is 1. The van der Waals surface area contributed by atoms with Gasteiger partial charge in [-0.15, -0.1) is 0 Å². The Labute approximate surface area is 120 Å². The molecule has 0 atom stereocenters. The zero-order valence-electron chi connectivity index (χ0n) is 10.3. The number of benzene rings is 1. The molecule has 0 fully saturated rings. The van der Waals surface area contributed by atoms with Crippen molar-refractivity contribution in [3.63, 3.8) is 0 Å². The maximum Gasteiger partial charge on any atom is 0.161 e. The Kier molecular flexibility index (Phi) is 4.13. The number of rotatable bonds is 3. The van der Waals surface area contributed by atoms with Crippen LogP contribution in [0.3, 0.4) is 0 Å². The van der Waals surface area contributed by atoms with Gasteiger partial charge >= 0.3 is 0 Å². The number of nitrogens with zero attached hydrogens (tertiary/aromatic N) is 2. The summed E-state index contributed by atoms with van der Waals surface area (Å²) >= 11 is 2.14. The summed E-state index contributed by atoms with van der Waals surface area (Å²) in [5, 5.41) is 0. The number of hydrogen-bond acceptors (Lipinski definition) is 4. The van der Waals surface area contributed by atoms with E-state index in [1.54, 1.807) is 7.11 Å². The molecule has 0 aliphatic heterocycles. The van der Waals surface area contributed by atoms with Crippen molar-refractivity contribution in [2.75, 3.05) is 12.8 Å². The largest absolute Gasteiger partial charge is 0.383 e. The first kappa shape index (κ1) is 13.2. The molecule has 2 aromatic rings. The van der Waals surface area contributed by atoms with Gasteiger partial charge in [-0.3, -0.25) is 0 Å². The summed E-state index contributed by atoms with van der Waals surface area (Å²) in [6, 6.07) is 8.05. The summed E-state index contributed by atoms with van der Waals surface area (Å²) in [6.07, 6.45) is 0. The Morgan fingerprint density at radius 3 is 2.50 bits per heavy atom. The summed E-state index contributed by atoms with van der Waals surface area (Å²) in [6.45, 7) is 2.48. The molecule has 2 N–H and O–H groups in total. The van der Waals surface area contributed by atoms with Crippen LogP contribution in [0.25, 0.3) is 11.4 Å². The maximum absolute atomic E-state index is 5.90. The van der Waals surface area contributed by atoms with Gasteiger partial charge in [0.05, 0.1) is 15.9 Å². The van der Waals surface area contributed by atoms with Crippen molar-refractivity contribution >= 4 is 28.4 Å². The molecule has 0 bridgehead atoms. The number of anilines is 1. The molecule has 0 radical (unpaired) electrons. The number of nitrogens with two attached hydrogens (primary N) is 1. The van der Waals surface area contributed by atoms with E-state index < -0.39 is 0 Å². The Morgan fingerprint density at radius 1 is 1.22 bits per heavy atom. The van der Waals surface area contributed by atoms with Gasteiger partial charge < -0.3 is 10.5 Å². The van der Waals surface area contributed by atoms with Crippen LogP contribution in [0, 0.1) is 10.5 Å². The monoisotopic (exact) mass is 355 g/mol. The van der Waals surface area contributed by atoms with Gasteiger partial charge in [0.15, 0.2) is 5.82 Å². The molecule has 94 valence electrons. The van der Waals surface area contributed by atoms with Gasteiger partial charge in [-0.2, -0.15) is 0 Å². The number of methoxy groups -OCH3 is 1. The molecule has 1 heterocycles. The van der Waals surface area contributed by atoms with E-state index in [2.05, 4.69) is 32.6 Å². The van der Waals surface area contributed by atoms with E-state index in [9.17, 15) is 0 Å². The van der Waals surface area contributed by atoms with Crippen LogP contribution in [0.5, 0.6) is 0 Å². The van der Waals surface area contributed by atoms with Crippen molar-refractivity contribution in [2.24, 2.45) is 0 Å². The predicted octanol–water partition coefficient (Wildman–Crippen LogP) is 2.79. The molecule has 0 spiro atoms. The highest BCUT2D eigenvalue weighted by Gasteiger charge is 2.11. The molecule has 0 amide bonds. The lowest BCUT2D eigenvalue weighted by molar-refractivity contribution is 0.181. The quantitative estimate of drug-likeness (QED) is 0.861. The molecular weight excluding hydrogens is 341 g/mol. The lowest BCUT2D eigenvalue weighted by atomic mass is 10.1. The number of nitrogen functional groups attached to an aromatic ring is 1. The molecule has 0 saturated carbocycles. The van der Waals surface area contributed by atoms with Crippen molar-refractivity contribution in [3.8, 4) is 11.4 Å². The topological polar surface area (TPSA) is 61.0 Å². The maximum atomic E-state index is 5.90. The lowest BCUT2D eigenvalue weighted by Gasteiger charge is -2.08. The third-order valence-corrected chi connectivity index (χ3v) is 3.71. The van der Waals surface area contributed by atoms with Gasteiger partial charge in [0.25, 0.3) is 0 Å². The molecule has 1 aromatic carbocycles. The van der Waals surface area contributed by atoms with E-state index in [0.29, 0.717) is 18.2 Å². The van der Waals surface area contributed by atoms with Gasteiger partial charge in [-0.25, -0.2) is 9.97 Å². The van der Waals surface area contributed by atoms with Gasteiger partial charge in [-0.1, -0.05) is 29.8 Å². The van der Waals surface area contributed by atoms with E-state index in [4.69, 9.17) is 10.5 Å². The molecule has 0 saturated heterocycles. The first-order valence-electron chi connectivity index (χ1n) is 5.49. The van der Waals surface area contributed by atoms with Crippen LogP contribution in [0.1, 0.15) is 11.3 Å². The molecule has 0 aliphatic carbocycles. The molecule has 18 heavy (non-hydrogen) atoms. The van der Waals surface area contributed by atoms with Gasteiger partial charge in [0.1, 0.15) is 5.82 Å². The molecule has 4 nitrogen and oxygen atoms in total. The van der Waals surface area contributed by atoms with Crippen LogP contribution >= 0.6 is 22.6 Å². The Hall–Kier alpha value is -1.21. The highest BCUT2D eigenvalue weighted by molar-refractivity contribution is 14.1. The van der Waals surface area contributed by atoms with Crippen LogP contribution < -0.4 is 5.73 Å². The highest BCUT2D eigenvalue weighted by atomic mass is 127. The van der Waals surface area contributed by atoms with E-state index in [1.807, 2.05) is 31.2 Å². The van der Waals surface area contributed by atoms with E-state index in [1.165, 1.54) is 5.56 Å². The van der Waals surface area contributed by atoms with Crippen molar-refractivity contribution in [1.29, 1.82) is 0 Å². The Balaban J connectivity index is 2.48. The summed E-state index contributed by atoms with van der Waals surface area (Å²) in [5.41, 5.74) is 8.89. The number of aromatic nitrogens is 2. The van der Waals surface area contributed by atoms with Crippen molar-refractivity contribution in [2.45, 2.75) is 13.5 Å². The van der Waals surface area contributed by atoms with Crippen molar-refractivity contribution < 1.29 is 4.74 Å². The minimum absolute atomic E-state index is 0.434. The summed E-state index contributed by atoms with van der Waals surface area (Å²) < 4.78 is 5.98. The van der Waals surface area contributed by atoms with E-state index >= 15 is 0 Å². The normalized spacial score (nSPS) is 10.6. The zero-order chi connectivity index (χ0) is 13.1. The smallest absolute Gasteiger partial charge is 0.161 e. The summed E-state index contributed by atoms with van der Waals surface area (Å²) in [4.78, 5) is 8.82. The standard InChI is InChI=1S/C13H14IN3O/c1-8-3-5-9(6-4-8)13-16-10(7-18-2)11(14)12(15)17-13/h3-6H,7H2,1-2H3,(H2,15,16,17). The van der Waals surface area contributed by atoms with Crippen molar-refractivity contribution in [1.82, 2.24) is 9.97 Å². The minimum atomic E-state index is 0.434. The molecule has 0 aliphatic rings. The molecule has 1 aromatic heterocycles. The lowest BCUT2D eigenvalue weighted by Crippen LogP contribution is -2.05. The second-order valence-corrected chi connectivity index (χ2v) is 5.07. The molecule has 2 rings (SSSR count). The fourth-order valence-corrected chi connectivity index (χ4v) is 1.97. The van der Waals surface area contributed by atoms with Crippen LogP contribution in [-0.2, 0) is 11.3 Å². The van der Waals surface area contributed by atoms with E-state index in [-0.39, 0.29) is 0 Å². The average Bonchev–Trinajstić information content (AvgIpc) is 2.36. The second-order valence-electron chi connectivity index (χ2n) is 3.99. The minimum Gasteiger partial charge on any atom is -0.383 e. The SMILES string of the molecule is COCc1nc(-c2ccc(C)cc2)nc(N)c1I. The number of ether oxygens (including phenoxy) is 1. The average molecular weight is 355 g/mol. The Morgan fingerprint density at radius 2 is 1.89 bits per heavy atom. The first-order valence-corrected chi connectivity index (χ1v) is 6.57. The molecular formula is C13H14IN3O. The number of hydrogen-bond donors (Lipinski definition) is 1. The van der Waals surface area contributed by atoms with Crippen LogP contribution in [0.15, 0.2) is 24.3 Å². The third kappa shape index (κ3) is 2.78. The Bertz CT molecular complexity index is 555. The summed E-state index contributed by atoms with van der Waals surface area (Å²) in [7, 11) is 1.64. The van der Waals surface area contributed by atoms with Gasteiger partial charge in [-0.05, 0) is 29.5 Å². The second kappa shape index (κ2) is 5.62. The third-order valence-electron chi connectivity index (χ3n) is 2.54. The van der Waals surface area contributed by atoms with Gasteiger partial charge in [0.2, 0.25) is 0 Å². The van der Waals surface area contributed by atoms with Crippen LogP contribution in [0.2, 0.25) is 0 Å². The van der Waals surface area contributed by atoms with Gasteiger partial charge in [0, 0.05) is 12.7 Å². The zero-order valence-corrected chi connectivity index (χ0v) is 12.4.